The first-order valence-electron chi connectivity index (χ1n) is 4.34. The van der Waals surface area contributed by atoms with Gasteiger partial charge in [0.2, 0.25) is 0 Å². The molecule has 0 radical (unpaired) electrons. The Bertz CT molecular complexity index is 457. The number of benzene rings is 1. The molecule has 0 atom stereocenters. The van der Waals surface area contributed by atoms with Crippen LogP contribution in [0.1, 0.15) is 6.42 Å². The molecule has 80 valence electrons. The zero-order valence-electron chi connectivity index (χ0n) is 8.30. The van der Waals surface area contributed by atoms with Gasteiger partial charge in [0.1, 0.15) is 0 Å². The van der Waals surface area contributed by atoms with Crippen molar-refractivity contribution in [3.63, 3.8) is 0 Å². The average molecular weight is 241 g/mol. The van der Waals surface area contributed by atoms with Crippen LogP contribution in [-0.2, 0) is 9.84 Å². The zero-order valence-corrected chi connectivity index (χ0v) is 9.94. The predicted molar refractivity (Wildman–Crippen MR) is 60.5 cm³/mol. The summed E-state index contributed by atoms with van der Waals surface area (Å²) >= 11 is 1.56. The Morgan fingerprint density at radius 2 is 1.93 bits per heavy atom. The molecule has 1 rings (SSSR count). The summed E-state index contributed by atoms with van der Waals surface area (Å²) in [4.78, 5) is 1.31. The molecule has 0 unspecified atom stereocenters. The highest BCUT2D eigenvalue weighted by Crippen LogP contribution is 2.18. The molecule has 0 heterocycles. The summed E-state index contributed by atoms with van der Waals surface area (Å²) < 4.78 is 23.3. The third-order valence-electron chi connectivity index (χ3n) is 1.90. The molecular formula is C10H11NO2S2. The first kappa shape index (κ1) is 12.1. The second kappa shape index (κ2) is 5.19. The van der Waals surface area contributed by atoms with E-state index in [0.717, 1.165) is 4.90 Å². The van der Waals surface area contributed by atoms with Crippen LogP contribution in [0, 0.1) is 11.3 Å². The van der Waals surface area contributed by atoms with Crippen molar-refractivity contribution in [2.45, 2.75) is 16.2 Å². The first-order valence-corrected chi connectivity index (χ1v) is 7.21. The molecule has 0 bridgehead atoms. The van der Waals surface area contributed by atoms with E-state index in [1.807, 2.05) is 12.3 Å². The lowest BCUT2D eigenvalue weighted by atomic mass is 10.4. The SMILES string of the molecule is CSc1ccc(S(=O)(=O)CCC#N)cc1. The van der Waals surface area contributed by atoms with Crippen LogP contribution < -0.4 is 0 Å². The normalized spacial score (nSPS) is 10.9. The largest absolute Gasteiger partial charge is 0.224 e. The molecule has 1 aromatic rings. The van der Waals surface area contributed by atoms with Gasteiger partial charge >= 0.3 is 0 Å². The number of nitriles is 1. The van der Waals surface area contributed by atoms with E-state index in [0.29, 0.717) is 0 Å². The van der Waals surface area contributed by atoms with E-state index in [1.165, 1.54) is 0 Å². The number of thioether (sulfide) groups is 1. The Kier molecular flexibility index (Phi) is 4.18. The third-order valence-corrected chi connectivity index (χ3v) is 4.38. The van der Waals surface area contributed by atoms with Crippen molar-refractivity contribution in [1.82, 2.24) is 0 Å². The maximum atomic E-state index is 11.6. The van der Waals surface area contributed by atoms with E-state index >= 15 is 0 Å². The summed E-state index contributed by atoms with van der Waals surface area (Å²) in [5.74, 6) is -0.109. The highest BCUT2D eigenvalue weighted by molar-refractivity contribution is 7.98. The summed E-state index contributed by atoms with van der Waals surface area (Å²) in [5.41, 5.74) is 0. The maximum Gasteiger partial charge on any atom is 0.179 e. The molecule has 0 saturated carbocycles. The molecule has 0 N–H and O–H groups in total. The van der Waals surface area contributed by atoms with Gasteiger partial charge in [0.15, 0.2) is 9.84 Å². The molecule has 5 heteroatoms. The van der Waals surface area contributed by atoms with Crippen LogP contribution in [0.5, 0.6) is 0 Å². The van der Waals surface area contributed by atoms with E-state index in [2.05, 4.69) is 0 Å². The number of nitrogens with zero attached hydrogens (tertiary/aromatic N) is 1. The predicted octanol–water partition coefficient (Wildman–Crippen LogP) is 2.10. The smallest absolute Gasteiger partial charge is 0.179 e. The number of sulfone groups is 1. The van der Waals surface area contributed by atoms with Crippen LogP contribution in [0.3, 0.4) is 0 Å². The van der Waals surface area contributed by atoms with Gasteiger partial charge in [0.05, 0.1) is 16.7 Å². The topological polar surface area (TPSA) is 57.9 Å². The summed E-state index contributed by atoms with van der Waals surface area (Å²) in [5, 5.41) is 8.34. The fourth-order valence-electron chi connectivity index (χ4n) is 1.08. The van der Waals surface area contributed by atoms with Gasteiger partial charge in [-0.05, 0) is 30.5 Å². The highest BCUT2D eigenvalue weighted by Gasteiger charge is 2.13. The Balaban J connectivity index is 2.92. The molecule has 3 nitrogen and oxygen atoms in total. The maximum absolute atomic E-state index is 11.6. The van der Waals surface area contributed by atoms with E-state index in [1.54, 1.807) is 36.0 Å². The monoisotopic (exact) mass is 241 g/mol. The van der Waals surface area contributed by atoms with E-state index < -0.39 is 9.84 Å². The molecule has 0 aliphatic rings. The van der Waals surface area contributed by atoms with Crippen molar-refractivity contribution < 1.29 is 8.42 Å². The summed E-state index contributed by atoms with van der Waals surface area (Å²) in [6.45, 7) is 0. The molecule has 0 spiro atoms. The zero-order chi connectivity index (χ0) is 11.3. The lowest BCUT2D eigenvalue weighted by Crippen LogP contribution is -2.05. The van der Waals surface area contributed by atoms with Gasteiger partial charge in [-0.2, -0.15) is 5.26 Å². The van der Waals surface area contributed by atoms with Crippen molar-refractivity contribution in [3.8, 4) is 6.07 Å². The quantitative estimate of drug-likeness (QED) is 0.757. The highest BCUT2D eigenvalue weighted by atomic mass is 32.2. The molecule has 1 aromatic carbocycles. The fourth-order valence-corrected chi connectivity index (χ4v) is 2.64. The molecule has 0 aliphatic carbocycles. The van der Waals surface area contributed by atoms with Gasteiger partial charge in [-0.15, -0.1) is 11.8 Å². The van der Waals surface area contributed by atoms with Crippen LogP contribution in [-0.4, -0.2) is 20.4 Å². The van der Waals surface area contributed by atoms with Crippen molar-refractivity contribution in [1.29, 1.82) is 5.26 Å². The van der Waals surface area contributed by atoms with Gasteiger partial charge in [0.25, 0.3) is 0 Å². The molecule has 0 aromatic heterocycles. The molecule has 0 fully saturated rings. The summed E-state index contributed by atoms with van der Waals surface area (Å²) in [6, 6.07) is 8.53. The van der Waals surface area contributed by atoms with Gasteiger partial charge in [0, 0.05) is 11.3 Å². The average Bonchev–Trinajstić information content (AvgIpc) is 2.26. The third kappa shape index (κ3) is 3.26. The Labute approximate surface area is 94.0 Å². The molecule has 0 aliphatic heterocycles. The first-order chi connectivity index (χ1) is 7.10. The Morgan fingerprint density at radius 3 is 2.40 bits per heavy atom. The van der Waals surface area contributed by atoms with Crippen LogP contribution in [0.15, 0.2) is 34.1 Å². The van der Waals surface area contributed by atoms with E-state index in [4.69, 9.17) is 5.26 Å². The van der Waals surface area contributed by atoms with Crippen molar-refractivity contribution >= 4 is 21.6 Å². The van der Waals surface area contributed by atoms with Gasteiger partial charge in [-0.1, -0.05) is 0 Å². The van der Waals surface area contributed by atoms with Gasteiger partial charge in [-0.25, -0.2) is 8.42 Å². The van der Waals surface area contributed by atoms with E-state index in [-0.39, 0.29) is 17.1 Å². The molecular weight excluding hydrogens is 230 g/mol. The molecule has 15 heavy (non-hydrogen) atoms. The standard InChI is InChI=1S/C10H11NO2S2/c1-14-9-3-5-10(6-4-9)15(12,13)8-2-7-11/h3-6H,2,8H2,1H3. The Morgan fingerprint density at radius 1 is 1.33 bits per heavy atom. The van der Waals surface area contributed by atoms with Crippen molar-refractivity contribution in [2.24, 2.45) is 0 Å². The lowest BCUT2D eigenvalue weighted by Gasteiger charge is -2.02. The minimum Gasteiger partial charge on any atom is -0.224 e. The second-order valence-electron chi connectivity index (χ2n) is 2.90. The van der Waals surface area contributed by atoms with Crippen LogP contribution in [0.4, 0.5) is 0 Å². The van der Waals surface area contributed by atoms with E-state index in [9.17, 15) is 8.42 Å². The van der Waals surface area contributed by atoms with Gasteiger partial charge < -0.3 is 0 Å². The number of hydrogen-bond acceptors (Lipinski definition) is 4. The van der Waals surface area contributed by atoms with Crippen molar-refractivity contribution in [2.75, 3.05) is 12.0 Å². The van der Waals surface area contributed by atoms with Crippen LogP contribution >= 0.6 is 11.8 Å². The number of hydrogen-bond donors (Lipinski definition) is 0. The Hall–Kier alpha value is -0.990. The summed E-state index contributed by atoms with van der Waals surface area (Å²) in [7, 11) is -3.28. The van der Waals surface area contributed by atoms with Gasteiger partial charge in [-0.3, -0.25) is 0 Å². The minimum atomic E-state index is -3.28. The minimum absolute atomic E-state index is 0.0343. The fraction of sp³-hybridized carbons (Fsp3) is 0.300. The van der Waals surface area contributed by atoms with Crippen molar-refractivity contribution in [3.05, 3.63) is 24.3 Å². The molecule has 0 saturated heterocycles. The van der Waals surface area contributed by atoms with Crippen LogP contribution in [0.25, 0.3) is 0 Å². The molecule has 0 amide bonds. The number of rotatable bonds is 4. The van der Waals surface area contributed by atoms with Crippen LogP contribution in [0.2, 0.25) is 0 Å². The summed E-state index contributed by atoms with van der Waals surface area (Å²) in [6.07, 6.45) is 1.96. The lowest BCUT2D eigenvalue weighted by molar-refractivity contribution is 0.596. The second-order valence-corrected chi connectivity index (χ2v) is 5.89.